The number of hydrogen-bond acceptors (Lipinski definition) is 26. The van der Waals surface area contributed by atoms with Gasteiger partial charge < -0.3 is 123 Å². The molecule has 6 aromatic rings. The fraction of sp³-hybridized carbons (Fsp3) is 0.477. The molecule has 0 unspecified atom stereocenters. The Morgan fingerprint density at radius 3 is 1.89 bits per heavy atom. The normalized spacial score (nSPS) is 30.8. The molecule has 5 saturated carbocycles. The first-order valence-corrected chi connectivity index (χ1v) is 41.5. The molecule has 652 valence electrons. The third-order valence-electron chi connectivity index (χ3n) is 24.5. The molecule has 6 fully saturated rings. The molecule has 122 heavy (non-hydrogen) atoms. The summed E-state index contributed by atoms with van der Waals surface area (Å²) in [6.07, 6.45) is -11.9. The molecular formula is C86H100Cl2N10O24. The molecule has 0 spiro atoms. The van der Waals surface area contributed by atoms with E-state index in [1.807, 2.05) is 13.8 Å². The second kappa shape index (κ2) is 36.1. The Labute approximate surface area is 710 Å². The van der Waals surface area contributed by atoms with Crippen LogP contribution in [0.15, 0.2) is 103 Å². The zero-order valence-corrected chi connectivity index (χ0v) is 68.9. The van der Waals surface area contributed by atoms with Crippen LogP contribution in [-0.2, 0) is 47.8 Å². The van der Waals surface area contributed by atoms with Gasteiger partial charge >= 0.3 is 0 Å². The Balaban J connectivity index is 0.969. The zero-order chi connectivity index (χ0) is 87.4. The van der Waals surface area contributed by atoms with E-state index in [1.54, 1.807) is 13.8 Å². The number of fused-ring (bicyclic) bond motifs is 15. The average molecular weight is 1730 g/mol. The second-order valence-corrected chi connectivity index (χ2v) is 34.5. The highest BCUT2D eigenvalue weighted by Crippen LogP contribution is 2.55. The molecule has 15 bridgehead atoms. The van der Waals surface area contributed by atoms with Crippen LogP contribution < -0.4 is 72.5 Å². The summed E-state index contributed by atoms with van der Waals surface area (Å²) in [7, 11) is 1.48. The number of aromatic hydroxyl groups is 3. The molecule has 20 N–H and O–H groups in total. The lowest BCUT2D eigenvalue weighted by Gasteiger charge is -2.54. The fourth-order valence-corrected chi connectivity index (χ4v) is 18.9. The fourth-order valence-electron chi connectivity index (χ4n) is 18.5. The van der Waals surface area contributed by atoms with Crippen molar-refractivity contribution in [1.29, 1.82) is 0 Å². The summed E-state index contributed by atoms with van der Waals surface area (Å²) in [6, 6.07) is 5.87. The Morgan fingerprint density at radius 1 is 0.664 bits per heavy atom. The number of nitrogens with one attached hydrogen (secondary N) is 9. The quantitative estimate of drug-likeness (QED) is 0.0598. The Morgan fingerprint density at radius 2 is 1.28 bits per heavy atom. The number of likely N-dealkylation sites (N-methyl/N-ethyl adjacent to an activating group) is 1. The number of hydrogen-bond donors (Lipinski definition) is 19. The summed E-state index contributed by atoms with van der Waals surface area (Å²) in [5, 5.41) is 130. The summed E-state index contributed by atoms with van der Waals surface area (Å²) in [4.78, 5) is 139. The van der Waals surface area contributed by atoms with Gasteiger partial charge in [-0.05, 0) is 209 Å². The van der Waals surface area contributed by atoms with Crippen LogP contribution in [0.2, 0.25) is 10.0 Å². The van der Waals surface area contributed by atoms with Gasteiger partial charge in [-0.3, -0.25) is 48.5 Å². The van der Waals surface area contributed by atoms with Gasteiger partial charge in [-0.1, -0.05) is 55.2 Å². The van der Waals surface area contributed by atoms with Gasteiger partial charge in [-0.15, -0.1) is 0 Å². The number of benzene rings is 6. The highest BCUT2D eigenvalue weighted by Gasteiger charge is 2.53. The van der Waals surface area contributed by atoms with E-state index in [2.05, 4.69) is 47.9 Å². The van der Waals surface area contributed by atoms with Crippen LogP contribution in [0.5, 0.6) is 51.7 Å². The Kier molecular flexibility index (Phi) is 26.0. The summed E-state index contributed by atoms with van der Waals surface area (Å²) in [5.74, 6) is -15.0. The number of phenolic OH excluding ortho intramolecular Hbond substituents is 3. The minimum Gasteiger partial charge on any atom is -0.508 e. The SMILES string of the molecule is CCOc1ccc(C(=O)NC(=O)C[C@@H]2NC(=O)[C@H](NC(=O)[C@@H](CC(C)C)NC)[C@H](O)c3ccc(c(Cl)c3)Oc3cc4cc(c3O[C@@H]3C[C@H](CO)[C@@H](O)[C@H](O)[C@H]3O[C@H]3C[C@](C)(N)[C@H](O)[C@H](C)O3)Oc3ccc(cc3Cl)[C@@H](O)[C@@H]3NC(=O)[C@H](NC(=O)[C@@H]4NC2=O)c2ccc(O)c(c2)-c2c(O)cc(O)cc2[C@@H](C(=O)NC2C4CC5CC(C4)CC2C5)NC3=O)cc1. The number of imide groups is 1. The lowest BCUT2D eigenvalue weighted by Crippen LogP contribution is -2.63. The predicted molar refractivity (Wildman–Crippen MR) is 435 cm³/mol. The van der Waals surface area contributed by atoms with E-state index in [0.717, 1.165) is 86.7 Å². The lowest BCUT2D eigenvalue weighted by molar-refractivity contribution is -0.286. The maximum Gasteiger partial charge on any atom is 0.257 e. The van der Waals surface area contributed by atoms with Gasteiger partial charge in [0.1, 0.15) is 101 Å². The Hall–Kier alpha value is -10.5. The van der Waals surface area contributed by atoms with Crippen molar-refractivity contribution < 1.29 is 118 Å². The smallest absolute Gasteiger partial charge is 0.257 e. The van der Waals surface area contributed by atoms with Gasteiger partial charge in [-0.25, -0.2) is 0 Å². The van der Waals surface area contributed by atoms with Gasteiger partial charge in [0, 0.05) is 53.3 Å². The number of halogens is 2. The van der Waals surface area contributed by atoms with Crippen molar-refractivity contribution in [1.82, 2.24) is 47.9 Å². The molecule has 0 radical (unpaired) electrons. The molecule has 5 aliphatic carbocycles. The molecule has 6 aliphatic heterocycles. The minimum atomic E-state index is -2.39. The van der Waals surface area contributed by atoms with Gasteiger partial charge in [0.15, 0.2) is 17.8 Å². The van der Waals surface area contributed by atoms with Crippen LogP contribution in [0.4, 0.5) is 0 Å². The van der Waals surface area contributed by atoms with Crippen molar-refractivity contribution in [3.63, 3.8) is 0 Å². The van der Waals surface area contributed by atoms with Crippen LogP contribution >= 0.6 is 23.2 Å². The van der Waals surface area contributed by atoms with E-state index in [1.165, 1.54) is 62.5 Å². The van der Waals surface area contributed by atoms with Gasteiger partial charge in [0.05, 0.1) is 47.4 Å². The van der Waals surface area contributed by atoms with Crippen LogP contribution in [0.1, 0.15) is 161 Å². The second-order valence-electron chi connectivity index (χ2n) is 33.7. The third kappa shape index (κ3) is 18.4. The highest BCUT2D eigenvalue weighted by atomic mass is 35.5. The number of carbonyl (C=O) groups excluding carboxylic acids is 9. The van der Waals surface area contributed by atoms with E-state index >= 15 is 28.8 Å². The number of carbonyl (C=O) groups is 9. The molecule has 1 saturated heterocycles. The summed E-state index contributed by atoms with van der Waals surface area (Å²) in [5.41, 5.74) is 3.02. The van der Waals surface area contributed by atoms with E-state index in [9.17, 15) is 60.3 Å². The number of ether oxygens (including phenoxy) is 6. The molecule has 9 amide bonds. The van der Waals surface area contributed by atoms with Crippen molar-refractivity contribution in [2.75, 3.05) is 20.3 Å². The highest BCUT2D eigenvalue weighted by molar-refractivity contribution is 6.32. The minimum absolute atomic E-state index is 0.0610. The monoisotopic (exact) mass is 1730 g/mol. The first kappa shape index (κ1) is 87.9. The maximum atomic E-state index is 16.6. The van der Waals surface area contributed by atoms with Crippen molar-refractivity contribution in [2.24, 2.45) is 41.2 Å². The van der Waals surface area contributed by atoms with Crippen molar-refractivity contribution in [3.05, 3.63) is 147 Å². The van der Waals surface area contributed by atoms with Gasteiger partial charge in [-0.2, -0.15) is 0 Å². The van der Waals surface area contributed by atoms with Crippen LogP contribution in [0.25, 0.3) is 11.1 Å². The standard InChI is InChI=1S/C86H100Cl2N10O24/c1-7-117-48-13-8-39(9-14-48)78(109)92-62(103)32-54-80(111)94-67-45-27-59(119-57-16-11-41(25-51(57)87)71(104)69(84(115)91-54)97-79(110)53(90-6)18-35(2)3)75(121-61-29-46(34-99)73(106)74(107)76(61)122-63-33-86(5,89)77(108)36(4)118-63)60(28-45)120-58-17-12-42(26-52(58)88)72(105)70-85(116)96-68(83(114)93-65-43-20-37-19-38(22-43)23-44(65)21-37)50-30-47(100)31-56(102)64(50)49-24-40(10-15-55(49)101)66(81(112)98-70)95-82(67)113/h8-17,24-28,30-31,35-38,43-44,46,53-54,61,63,65-74,76-77,90,99-102,104-108H,7,18-23,29,32-34,89H2,1-6H3,(H,91,115)(H,93,114)(H,94,111)(H,95,113)(H,96,116)(H,97,110)(H,98,112)(H,92,103,109)/t36-,37?,38?,43?,44?,46+,53+,54-,61+,63-,65?,66+,67+,68-,69+,70-,71+,72+,73+,74-,76-,77+,86-/m0/s1. The first-order chi connectivity index (χ1) is 58.0. The molecule has 34 nitrogen and oxygen atoms in total. The lowest BCUT2D eigenvalue weighted by atomic mass is 9.54. The van der Waals surface area contributed by atoms with Crippen molar-refractivity contribution in [3.8, 4) is 62.9 Å². The van der Waals surface area contributed by atoms with Gasteiger partial charge in [0.25, 0.3) is 5.91 Å². The summed E-state index contributed by atoms with van der Waals surface area (Å²) < 4.78 is 38.8. The summed E-state index contributed by atoms with van der Waals surface area (Å²) >= 11 is 14.5. The molecule has 17 rings (SSSR count). The molecule has 36 heteroatoms. The third-order valence-corrected chi connectivity index (χ3v) is 25.1. The predicted octanol–water partition coefficient (Wildman–Crippen LogP) is 4.50. The van der Waals surface area contributed by atoms with Crippen molar-refractivity contribution >= 4 is 76.4 Å². The number of aliphatic hydroxyl groups is 6. The Bertz CT molecular complexity index is 5010. The van der Waals surface area contributed by atoms with E-state index < -0.39 is 215 Å². The molecular weight excluding hydrogens is 1630 g/mol. The topological polar surface area (TPSA) is 525 Å². The first-order valence-electron chi connectivity index (χ1n) is 40.7. The van der Waals surface area contributed by atoms with E-state index in [4.69, 9.17) is 57.4 Å². The van der Waals surface area contributed by atoms with Crippen LogP contribution in [0, 0.1) is 35.5 Å². The van der Waals surface area contributed by atoms with Crippen molar-refractivity contribution in [2.45, 2.75) is 201 Å². The molecule has 11 aliphatic rings. The zero-order valence-electron chi connectivity index (χ0n) is 67.4. The number of aliphatic hydroxyl groups excluding tert-OH is 6. The molecule has 6 heterocycles. The van der Waals surface area contributed by atoms with E-state index in [0.29, 0.717) is 17.6 Å². The van der Waals surface area contributed by atoms with Crippen LogP contribution in [0.3, 0.4) is 0 Å². The van der Waals surface area contributed by atoms with E-state index in [-0.39, 0.29) is 110 Å². The van der Waals surface area contributed by atoms with Crippen LogP contribution in [-0.4, -0.2) is 198 Å². The largest absolute Gasteiger partial charge is 0.508 e. The molecule has 6 aromatic carbocycles. The number of rotatable bonds is 17. The van der Waals surface area contributed by atoms with Gasteiger partial charge in [0.2, 0.25) is 53.0 Å². The maximum absolute atomic E-state index is 16.6. The number of amides is 9. The number of phenols is 3. The molecule has 18 atom stereocenters. The number of nitrogens with two attached hydrogens (primary N) is 1. The summed E-state index contributed by atoms with van der Waals surface area (Å²) in [6.45, 7) is 7.98. The average Bonchev–Trinajstić information content (AvgIpc) is 0.551. The molecule has 0 aromatic heterocycles.